The number of benzene rings is 1. The molecular weight excluding hydrogens is 560 g/mol. The summed E-state index contributed by atoms with van der Waals surface area (Å²) in [6, 6.07) is 8.06. The van der Waals surface area contributed by atoms with E-state index in [-0.39, 0.29) is 37.0 Å². The van der Waals surface area contributed by atoms with Gasteiger partial charge < -0.3 is 34.3 Å². The molecule has 0 radical (unpaired) electrons. The molecule has 9 atom stereocenters. The van der Waals surface area contributed by atoms with Crippen LogP contribution < -0.4 is 0 Å². The number of aliphatic hydroxyl groups is 3. The molecule has 11 nitrogen and oxygen atoms in total. The average molecular weight is 601 g/mol. The molecule has 0 amide bonds. The van der Waals surface area contributed by atoms with Gasteiger partial charge in [-0.1, -0.05) is 39.0 Å². The van der Waals surface area contributed by atoms with Crippen molar-refractivity contribution in [2.75, 3.05) is 6.61 Å². The van der Waals surface area contributed by atoms with Gasteiger partial charge in [0, 0.05) is 31.6 Å². The molecule has 3 N–H and O–H groups in total. The van der Waals surface area contributed by atoms with Crippen molar-refractivity contribution in [1.82, 2.24) is 0 Å². The van der Waals surface area contributed by atoms with Crippen LogP contribution in [0, 0.1) is 16.7 Å². The molecule has 234 valence electrons. The smallest absolute Gasteiger partial charge is 0.338 e. The van der Waals surface area contributed by atoms with E-state index in [0.29, 0.717) is 5.57 Å². The summed E-state index contributed by atoms with van der Waals surface area (Å²) in [5, 5.41) is 36.0. The summed E-state index contributed by atoms with van der Waals surface area (Å²) in [5.74, 6) is -4.31. The molecule has 1 unspecified atom stereocenters. The lowest BCUT2D eigenvalue weighted by atomic mass is 9.44. The number of rotatable bonds is 5. The highest BCUT2D eigenvalue weighted by molar-refractivity contribution is 5.95. The fourth-order valence-corrected chi connectivity index (χ4v) is 7.95. The summed E-state index contributed by atoms with van der Waals surface area (Å²) in [7, 11) is 0. The van der Waals surface area contributed by atoms with Gasteiger partial charge in [0.2, 0.25) is 0 Å². The second-order valence-corrected chi connectivity index (χ2v) is 13.0. The molecule has 1 heterocycles. The van der Waals surface area contributed by atoms with E-state index in [2.05, 4.69) is 0 Å². The molecule has 1 aromatic rings. The fraction of sp³-hybridized carbons (Fsp3) is 0.625. The normalized spacial score (nSPS) is 39.7. The summed E-state index contributed by atoms with van der Waals surface area (Å²) >= 11 is 0. The van der Waals surface area contributed by atoms with E-state index >= 15 is 0 Å². The van der Waals surface area contributed by atoms with Gasteiger partial charge in [0.25, 0.3) is 0 Å². The molecule has 3 aliphatic carbocycles. The summed E-state index contributed by atoms with van der Waals surface area (Å²) < 4.78 is 23.7. The van der Waals surface area contributed by atoms with Gasteiger partial charge in [-0.3, -0.25) is 14.4 Å². The molecule has 1 aromatic carbocycles. The van der Waals surface area contributed by atoms with Crippen molar-refractivity contribution in [1.29, 1.82) is 0 Å². The number of ketones is 1. The van der Waals surface area contributed by atoms with Crippen LogP contribution in [0.15, 0.2) is 41.5 Å². The average Bonchev–Trinajstić information content (AvgIpc) is 2.95. The van der Waals surface area contributed by atoms with Gasteiger partial charge in [-0.2, -0.15) is 0 Å². The van der Waals surface area contributed by atoms with Crippen LogP contribution in [0.5, 0.6) is 0 Å². The number of hydrogen-bond acceptors (Lipinski definition) is 11. The largest absolute Gasteiger partial charge is 0.455 e. The first kappa shape index (κ1) is 31.3. The van der Waals surface area contributed by atoms with Crippen LogP contribution in [-0.2, 0) is 33.3 Å². The molecule has 1 saturated heterocycles. The van der Waals surface area contributed by atoms with Gasteiger partial charge in [0.05, 0.1) is 35.7 Å². The lowest BCUT2D eigenvalue weighted by Gasteiger charge is -2.67. The number of esters is 3. The topological polar surface area (TPSA) is 166 Å². The molecule has 0 spiro atoms. The van der Waals surface area contributed by atoms with Gasteiger partial charge in [-0.05, 0) is 37.1 Å². The van der Waals surface area contributed by atoms with E-state index in [0.717, 1.165) is 0 Å². The molecule has 2 saturated carbocycles. The number of carbonyl (C=O) groups is 4. The second kappa shape index (κ2) is 10.5. The lowest BCUT2D eigenvalue weighted by Crippen LogP contribution is -2.81. The maximum Gasteiger partial charge on any atom is 0.338 e. The lowest BCUT2D eigenvalue weighted by molar-refractivity contribution is -0.346. The van der Waals surface area contributed by atoms with Gasteiger partial charge in [-0.15, -0.1) is 0 Å². The minimum atomic E-state index is -2.11. The number of ether oxygens (including phenoxy) is 4. The Labute approximate surface area is 250 Å². The summed E-state index contributed by atoms with van der Waals surface area (Å²) in [6.45, 7) is 8.90. The Morgan fingerprint density at radius 1 is 1.07 bits per heavy atom. The van der Waals surface area contributed by atoms with Crippen LogP contribution in [0.1, 0.15) is 71.2 Å². The summed E-state index contributed by atoms with van der Waals surface area (Å²) in [6.07, 6.45) is -7.32. The first-order valence-electron chi connectivity index (χ1n) is 14.7. The molecule has 5 rings (SSSR count). The Morgan fingerprint density at radius 3 is 2.28 bits per heavy atom. The van der Waals surface area contributed by atoms with Crippen molar-refractivity contribution >= 4 is 23.7 Å². The van der Waals surface area contributed by atoms with E-state index < -0.39 is 82.2 Å². The van der Waals surface area contributed by atoms with Crippen molar-refractivity contribution in [2.24, 2.45) is 16.7 Å². The third-order valence-electron chi connectivity index (χ3n) is 10.5. The Kier molecular flexibility index (Phi) is 7.65. The third-order valence-corrected chi connectivity index (χ3v) is 10.5. The van der Waals surface area contributed by atoms with Gasteiger partial charge in [0.15, 0.2) is 17.5 Å². The SMILES string of the molecule is CCC(=O)O[C@H]1C(=O)[C@@]2(C)C([C@H](OC(=O)c3ccccc3)[C@]3(O)C[C@H](O)C(C)=C1C3(C)C)[C@]1(OC(C)=O)CO[C@@H]1C[C@@H]2O. The van der Waals surface area contributed by atoms with Crippen LogP contribution in [-0.4, -0.2) is 87.3 Å². The van der Waals surface area contributed by atoms with Crippen molar-refractivity contribution < 1.29 is 53.4 Å². The molecule has 43 heavy (non-hydrogen) atoms. The van der Waals surface area contributed by atoms with Crippen LogP contribution >= 0.6 is 0 Å². The van der Waals surface area contributed by atoms with Crippen LogP contribution in [0.3, 0.4) is 0 Å². The second-order valence-electron chi connectivity index (χ2n) is 13.0. The Hall–Kier alpha value is -3.12. The molecule has 11 heteroatoms. The number of hydrogen-bond donors (Lipinski definition) is 3. The Bertz CT molecular complexity index is 1370. The maximum absolute atomic E-state index is 14.9. The van der Waals surface area contributed by atoms with Crippen LogP contribution in [0.25, 0.3) is 0 Å². The monoisotopic (exact) mass is 600 g/mol. The Morgan fingerprint density at radius 2 is 1.72 bits per heavy atom. The summed E-state index contributed by atoms with van der Waals surface area (Å²) in [5.41, 5.74) is -6.36. The minimum absolute atomic E-state index is 0.0589. The quantitative estimate of drug-likeness (QED) is 0.257. The zero-order valence-corrected chi connectivity index (χ0v) is 25.3. The molecule has 2 bridgehead atoms. The molecular formula is C32H40O11. The molecule has 3 fully saturated rings. The molecule has 0 aromatic heterocycles. The van der Waals surface area contributed by atoms with E-state index in [9.17, 15) is 34.5 Å². The zero-order valence-electron chi connectivity index (χ0n) is 25.3. The van der Waals surface area contributed by atoms with Gasteiger partial charge >= 0.3 is 17.9 Å². The van der Waals surface area contributed by atoms with E-state index in [1.807, 2.05) is 0 Å². The summed E-state index contributed by atoms with van der Waals surface area (Å²) in [4.78, 5) is 54.0. The van der Waals surface area contributed by atoms with Crippen molar-refractivity contribution in [3.63, 3.8) is 0 Å². The predicted octanol–water partition coefficient (Wildman–Crippen LogP) is 2.04. The van der Waals surface area contributed by atoms with Crippen molar-refractivity contribution in [3.05, 3.63) is 47.0 Å². The predicted molar refractivity (Wildman–Crippen MR) is 149 cm³/mol. The van der Waals surface area contributed by atoms with E-state index in [4.69, 9.17) is 18.9 Å². The number of fused-ring (bicyclic) bond motifs is 5. The number of aliphatic hydroxyl groups excluding tert-OH is 2. The first-order valence-corrected chi connectivity index (χ1v) is 14.7. The third kappa shape index (κ3) is 4.38. The molecule has 1 aliphatic heterocycles. The van der Waals surface area contributed by atoms with Gasteiger partial charge in [-0.25, -0.2) is 4.79 Å². The van der Waals surface area contributed by atoms with E-state index in [1.54, 1.807) is 45.9 Å². The van der Waals surface area contributed by atoms with Gasteiger partial charge in [0.1, 0.15) is 17.8 Å². The fourth-order valence-electron chi connectivity index (χ4n) is 7.95. The standard InChI is InChI=1S/C32H40O11/c1-7-22(36)41-24-23-16(2)19(34)14-32(39,29(23,4)5)27(42-28(38)18-11-9-8-10-12-18)25-30(6,26(24)37)20(35)13-21-31(25,15-40-21)43-17(3)33/h8-12,19-21,24-25,27,34-35,39H,7,13-15H2,1-6H3/t19-,20-,21+,24+,25?,27-,30+,31-,32+/m0/s1. The first-order chi connectivity index (χ1) is 20.1. The minimum Gasteiger partial charge on any atom is -0.455 e. The van der Waals surface area contributed by atoms with Crippen molar-refractivity contribution in [3.8, 4) is 0 Å². The molecule has 4 aliphatic rings. The highest BCUT2D eigenvalue weighted by Gasteiger charge is 2.78. The van der Waals surface area contributed by atoms with Crippen molar-refractivity contribution in [2.45, 2.75) is 103 Å². The zero-order chi connectivity index (χ0) is 31.7. The number of Topliss-reactive ketones (excluding diaryl/α,β-unsaturated/α-hetero) is 1. The van der Waals surface area contributed by atoms with E-state index in [1.165, 1.54) is 26.0 Å². The maximum atomic E-state index is 14.9. The Balaban J connectivity index is 1.83. The highest BCUT2D eigenvalue weighted by atomic mass is 16.6. The van der Waals surface area contributed by atoms with Crippen LogP contribution in [0.2, 0.25) is 0 Å². The van der Waals surface area contributed by atoms with Crippen LogP contribution in [0.4, 0.5) is 0 Å². The number of carbonyl (C=O) groups excluding carboxylic acids is 4. The highest BCUT2D eigenvalue weighted by Crippen LogP contribution is 2.64.